The number of nitrogens with one attached hydrogen (secondary N) is 1. The zero-order valence-corrected chi connectivity index (χ0v) is 12.1. The minimum atomic E-state index is -0.152. The van der Waals surface area contributed by atoms with Crippen LogP contribution in [0, 0.1) is 0 Å². The molecule has 102 valence electrons. The minimum Gasteiger partial charge on any atom is -0.396 e. The smallest absolute Gasteiger partial charge is 0.263 e. The van der Waals surface area contributed by atoms with E-state index < -0.39 is 0 Å². The fourth-order valence-electron chi connectivity index (χ4n) is 1.86. The van der Waals surface area contributed by atoms with Gasteiger partial charge in [-0.05, 0) is 12.1 Å². The molecule has 3 heterocycles. The predicted molar refractivity (Wildman–Crippen MR) is 82.2 cm³/mol. The van der Waals surface area contributed by atoms with Crippen LogP contribution in [-0.4, -0.2) is 22.4 Å². The molecule has 3 rings (SSSR count). The van der Waals surface area contributed by atoms with E-state index in [2.05, 4.69) is 15.3 Å². The molecule has 0 unspecified atom stereocenters. The summed E-state index contributed by atoms with van der Waals surface area (Å²) in [6, 6.07) is 3.75. The Bertz CT molecular complexity index is 736. The van der Waals surface area contributed by atoms with Crippen LogP contribution in [-0.2, 0) is 6.42 Å². The van der Waals surface area contributed by atoms with Crippen molar-refractivity contribution in [1.29, 1.82) is 0 Å². The second-order valence-corrected chi connectivity index (χ2v) is 5.95. The van der Waals surface area contributed by atoms with Crippen molar-refractivity contribution in [2.75, 3.05) is 12.3 Å². The molecule has 0 bridgehead atoms. The van der Waals surface area contributed by atoms with E-state index in [1.54, 1.807) is 23.0 Å². The average Bonchev–Trinajstić information content (AvgIpc) is 3.08. The number of carbonyl (C=O) groups is 1. The van der Waals surface area contributed by atoms with E-state index in [9.17, 15) is 4.79 Å². The first kappa shape index (κ1) is 13.0. The number of hydrogen-bond acceptors (Lipinski definition) is 6. The molecule has 0 saturated carbocycles. The standard InChI is InChI=1S/C13H12N4OS2/c14-10-11-9(2-1-4-15-11)20-12(10)13(18)16-5-3-8-6-19-7-17-8/h1-2,4,6-7H,3,5,14H2,(H,16,18). The van der Waals surface area contributed by atoms with Gasteiger partial charge in [0.1, 0.15) is 10.4 Å². The predicted octanol–water partition coefficient (Wildman–Crippen LogP) is 2.31. The van der Waals surface area contributed by atoms with Crippen molar-refractivity contribution in [2.45, 2.75) is 6.42 Å². The quantitative estimate of drug-likeness (QED) is 0.775. The van der Waals surface area contributed by atoms with Gasteiger partial charge < -0.3 is 11.1 Å². The first-order valence-electron chi connectivity index (χ1n) is 6.04. The van der Waals surface area contributed by atoms with Gasteiger partial charge in [0.05, 0.1) is 21.6 Å². The Morgan fingerprint density at radius 3 is 3.05 bits per heavy atom. The molecule has 0 aromatic carbocycles. The molecule has 0 spiro atoms. The topological polar surface area (TPSA) is 80.9 Å². The SMILES string of the molecule is Nc1c(C(=O)NCCc2cscn2)sc2cccnc12. The maximum absolute atomic E-state index is 12.1. The number of pyridine rings is 1. The number of carbonyl (C=O) groups excluding carboxylic acids is 1. The number of thiazole rings is 1. The Labute approximate surface area is 123 Å². The van der Waals surface area contributed by atoms with Crippen molar-refractivity contribution < 1.29 is 4.79 Å². The van der Waals surface area contributed by atoms with E-state index in [1.807, 2.05) is 17.5 Å². The Kier molecular flexibility index (Phi) is 3.62. The number of aromatic nitrogens is 2. The maximum atomic E-state index is 12.1. The summed E-state index contributed by atoms with van der Waals surface area (Å²) >= 11 is 2.92. The van der Waals surface area contributed by atoms with Crippen LogP contribution in [0.25, 0.3) is 10.2 Å². The van der Waals surface area contributed by atoms with Crippen LogP contribution in [0.2, 0.25) is 0 Å². The summed E-state index contributed by atoms with van der Waals surface area (Å²) in [6.07, 6.45) is 2.40. The number of nitrogens with two attached hydrogens (primary N) is 1. The number of fused-ring (bicyclic) bond motifs is 1. The zero-order valence-electron chi connectivity index (χ0n) is 10.5. The van der Waals surface area contributed by atoms with E-state index in [-0.39, 0.29) is 5.91 Å². The van der Waals surface area contributed by atoms with Crippen molar-refractivity contribution in [1.82, 2.24) is 15.3 Å². The van der Waals surface area contributed by atoms with Gasteiger partial charge in [0.2, 0.25) is 0 Å². The highest BCUT2D eigenvalue weighted by Gasteiger charge is 2.16. The van der Waals surface area contributed by atoms with E-state index in [0.717, 1.165) is 16.8 Å². The van der Waals surface area contributed by atoms with Gasteiger partial charge in [-0.1, -0.05) is 0 Å². The minimum absolute atomic E-state index is 0.152. The fraction of sp³-hybridized carbons (Fsp3) is 0.154. The lowest BCUT2D eigenvalue weighted by atomic mass is 10.3. The average molecular weight is 304 g/mol. The van der Waals surface area contributed by atoms with Crippen LogP contribution in [0.15, 0.2) is 29.2 Å². The third kappa shape index (κ3) is 2.50. The molecule has 7 heteroatoms. The van der Waals surface area contributed by atoms with Crippen LogP contribution in [0.5, 0.6) is 0 Å². The number of rotatable bonds is 4. The maximum Gasteiger partial charge on any atom is 0.263 e. The molecule has 3 aromatic heterocycles. The number of nitrogens with zero attached hydrogens (tertiary/aromatic N) is 2. The van der Waals surface area contributed by atoms with Gasteiger partial charge in [-0.15, -0.1) is 22.7 Å². The van der Waals surface area contributed by atoms with Crippen molar-refractivity contribution in [3.63, 3.8) is 0 Å². The number of anilines is 1. The van der Waals surface area contributed by atoms with E-state index in [4.69, 9.17) is 5.73 Å². The largest absolute Gasteiger partial charge is 0.396 e. The van der Waals surface area contributed by atoms with Crippen LogP contribution in [0.3, 0.4) is 0 Å². The number of nitrogen functional groups attached to an aromatic ring is 1. The first-order chi connectivity index (χ1) is 9.75. The highest BCUT2D eigenvalue weighted by Crippen LogP contribution is 2.31. The number of amides is 1. The summed E-state index contributed by atoms with van der Waals surface area (Å²) in [5.41, 5.74) is 9.91. The highest BCUT2D eigenvalue weighted by atomic mass is 32.1. The van der Waals surface area contributed by atoms with Crippen LogP contribution >= 0.6 is 22.7 Å². The Morgan fingerprint density at radius 1 is 1.40 bits per heavy atom. The summed E-state index contributed by atoms with van der Waals surface area (Å²) in [7, 11) is 0. The molecule has 0 aliphatic heterocycles. The second kappa shape index (κ2) is 5.56. The molecule has 5 nitrogen and oxygen atoms in total. The third-order valence-electron chi connectivity index (χ3n) is 2.84. The summed E-state index contributed by atoms with van der Waals surface area (Å²) < 4.78 is 0.926. The van der Waals surface area contributed by atoms with Crippen LogP contribution < -0.4 is 11.1 Å². The summed E-state index contributed by atoms with van der Waals surface area (Å²) in [4.78, 5) is 21.0. The molecule has 1 amide bonds. The monoisotopic (exact) mass is 304 g/mol. The lowest BCUT2D eigenvalue weighted by Crippen LogP contribution is -2.25. The first-order valence-corrected chi connectivity index (χ1v) is 7.80. The third-order valence-corrected chi connectivity index (χ3v) is 4.63. The van der Waals surface area contributed by atoms with E-state index in [0.29, 0.717) is 22.6 Å². The summed E-state index contributed by atoms with van der Waals surface area (Å²) in [5, 5.41) is 4.84. The van der Waals surface area contributed by atoms with Crippen LogP contribution in [0.1, 0.15) is 15.4 Å². The highest BCUT2D eigenvalue weighted by molar-refractivity contribution is 7.21. The lowest BCUT2D eigenvalue weighted by molar-refractivity contribution is 0.0959. The molecule has 0 aliphatic carbocycles. The number of thiophene rings is 1. The summed E-state index contributed by atoms with van der Waals surface area (Å²) in [5.74, 6) is -0.152. The molecule has 0 atom stereocenters. The lowest BCUT2D eigenvalue weighted by Gasteiger charge is -2.02. The summed E-state index contributed by atoms with van der Waals surface area (Å²) in [6.45, 7) is 0.545. The van der Waals surface area contributed by atoms with Gasteiger partial charge in [0.25, 0.3) is 5.91 Å². The van der Waals surface area contributed by atoms with Crippen LogP contribution in [0.4, 0.5) is 5.69 Å². The molecular weight excluding hydrogens is 292 g/mol. The van der Waals surface area contributed by atoms with E-state index >= 15 is 0 Å². The number of hydrogen-bond donors (Lipinski definition) is 2. The normalized spacial score (nSPS) is 10.8. The molecular formula is C13H12N4OS2. The second-order valence-electron chi connectivity index (χ2n) is 4.18. The molecule has 20 heavy (non-hydrogen) atoms. The molecule has 0 radical (unpaired) electrons. The Balaban J connectivity index is 1.71. The molecule has 3 aromatic rings. The Hall–Kier alpha value is -1.99. The molecule has 3 N–H and O–H groups in total. The fourth-order valence-corrected chi connectivity index (χ4v) is 3.45. The molecule has 0 fully saturated rings. The van der Waals surface area contributed by atoms with Gasteiger partial charge in [0, 0.05) is 24.5 Å². The van der Waals surface area contributed by atoms with Crippen molar-refractivity contribution in [3.05, 3.63) is 39.8 Å². The van der Waals surface area contributed by atoms with Crippen molar-refractivity contribution in [2.24, 2.45) is 0 Å². The van der Waals surface area contributed by atoms with Gasteiger partial charge >= 0.3 is 0 Å². The molecule has 0 aliphatic rings. The zero-order chi connectivity index (χ0) is 13.9. The Morgan fingerprint density at radius 2 is 2.30 bits per heavy atom. The van der Waals surface area contributed by atoms with Gasteiger partial charge in [-0.25, -0.2) is 4.98 Å². The van der Waals surface area contributed by atoms with E-state index in [1.165, 1.54) is 11.3 Å². The van der Waals surface area contributed by atoms with Gasteiger partial charge in [-0.2, -0.15) is 0 Å². The molecule has 0 saturated heterocycles. The van der Waals surface area contributed by atoms with Crippen molar-refractivity contribution >= 4 is 44.5 Å². The van der Waals surface area contributed by atoms with Gasteiger partial charge in [0.15, 0.2) is 0 Å². The van der Waals surface area contributed by atoms with Gasteiger partial charge in [-0.3, -0.25) is 9.78 Å². The van der Waals surface area contributed by atoms with Crippen molar-refractivity contribution in [3.8, 4) is 0 Å².